The van der Waals surface area contributed by atoms with Gasteiger partial charge in [-0.05, 0) is 36.8 Å². The van der Waals surface area contributed by atoms with Gasteiger partial charge in [-0.15, -0.1) is 0 Å². The van der Waals surface area contributed by atoms with Crippen LogP contribution in [0.15, 0.2) is 48.9 Å². The van der Waals surface area contributed by atoms with Crippen molar-refractivity contribution in [3.8, 4) is 11.3 Å². The van der Waals surface area contributed by atoms with Crippen LogP contribution in [-0.4, -0.2) is 75.8 Å². The summed E-state index contributed by atoms with van der Waals surface area (Å²) in [6.07, 6.45) is 3.37. The van der Waals surface area contributed by atoms with Crippen LogP contribution in [0.3, 0.4) is 0 Å². The maximum atomic E-state index is 12.6. The van der Waals surface area contributed by atoms with Crippen LogP contribution in [0.4, 0.5) is 17.3 Å². The maximum Gasteiger partial charge on any atom is 0.232 e. The van der Waals surface area contributed by atoms with Gasteiger partial charge in [-0.3, -0.25) is 4.79 Å². The lowest BCUT2D eigenvalue weighted by atomic mass is 10.1. The number of nitrogens with two attached hydrogens (primary N) is 1. The van der Waals surface area contributed by atoms with Crippen molar-refractivity contribution in [3.63, 3.8) is 0 Å². The molecule has 1 aromatic carbocycles. The number of rotatable bonds is 6. The van der Waals surface area contributed by atoms with E-state index in [9.17, 15) is 4.79 Å². The zero-order chi connectivity index (χ0) is 25.4. The number of H-pyrrole nitrogens is 1. The third-order valence-corrected chi connectivity index (χ3v) is 6.77. The smallest absolute Gasteiger partial charge is 0.232 e. The highest BCUT2D eigenvalue weighted by Gasteiger charge is 2.25. The highest BCUT2D eigenvalue weighted by Crippen LogP contribution is 2.30. The van der Waals surface area contributed by atoms with E-state index in [-0.39, 0.29) is 24.4 Å². The van der Waals surface area contributed by atoms with E-state index in [1.807, 2.05) is 30.3 Å². The minimum absolute atomic E-state index is 0.0961. The topological polar surface area (TPSA) is 138 Å². The first-order chi connectivity index (χ1) is 18.0. The summed E-state index contributed by atoms with van der Waals surface area (Å²) in [5.74, 6) is 2.03. The molecule has 1 amide bonds. The Kier molecular flexibility index (Phi) is 6.15. The SMILES string of the molecule is CC1COCCN1c1ncnc2[nH]c(-c3ccc(NC(=O)Cc4nccc(N5CC(N)C5)n4)cc3)cc12. The Labute approximate surface area is 214 Å². The first-order valence-electron chi connectivity index (χ1n) is 12.4. The molecule has 0 aliphatic carbocycles. The number of ether oxygens (including phenoxy) is 1. The molecule has 3 aromatic heterocycles. The third-order valence-electron chi connectivity index (χ3n) is 6.77. The highest BCUT2D eigenvalue weighted by atomic mass is 16.5. The van der Waals surface area contributed by atoms with Crippen molar-refractivity contribution in [2.24, 2.45) is 5.73 Å². The van der Waals surface area contributed by atoms with E-state index in [0.29, 0.717) is 24.7 Å². The van der Waals surface area contributed by atoms with Crippen LogP contribution in [0.5, 0.6) is 0 Å². The van der Waals surface area contributed by atoms with Gasteiger partial charge in [0, 0.05) is 43.3 Å². The van der Waals surface area contributed by atoms with Crippen molar-refractivity contribution in [3.05, 3.63) is 54.7 Å². The van der Waals surface area contributed by atoms with Crippen LogP contribution in [0, 0.1) is 0 Å². The third kappa shape index (κ3) is 4.83. The molecule has 0 bridgehead atoms. The monoisotopic (exact) mass is 499 g/mol. The number of aromatic nitrogens is 5. The summed E-state index contributed by atoms with van der Waals surface area (Å²) >= 11 is 0. The minimum Gasteiger partial charge on any atom is -0.377 e. The van der Waals surface area contributed by atoms with Crippen molar-refractivity contribution in [1.82, 2.24) is 24.9 Å². The van der Waals surface area contributed by atoms with Crippen LogP contribution in [0.2, 0.25) is 0 Å². The molecule has 5 heterocycles. The summed E-state index contributed by atoms with van der Waals surface area (Å²) in [6.45, 7) is 5.84. The number of morpholine rings is 1. The zero-order valence-electron chi connectivity index (χ0n) is 20.6. The fourth-order valence-corrected chi connectivity index (χ4v) is 4.78. The molecule has 0 spiro atoms. The largest absolute Gasteiger partial charge is 0.377 e. The molecule has 2 fully saturated rings. The Bertz CT molecular complexity index is 1420. The molecule has 4 N–H and O–H groups in total. The summed E-state index contributed by atoms with van der Waals surface area (Å²) in [6, 6.07) is 12.0. The van der Waals surface area contributed by atoms with E-state index in [4.69, 9.17) is 10.5 Å². The number of nitrogens with one attached hydrogen (secondary N) is 2. The molecule has 4 aromatic rings. The van der Waals surface area contributed by atoms with Gasteiger partial charge in [-0.1, -0.05) is 12.1 Å². The van der Waals surface area contributed by atoms with Crippen LogP contribution in [0.25, 0.3) is 22.3 Å². The first-order valence-corrected chi connectivity index (χ1v) is 12.4. The van der Waals surface area contributed by atoms with Gasteiger partial charge in [0.15, 0.2) is 0 Å². The van der Waals surface area contributed by atoms with Crippen LogP contribution < -0.4 is 20.9 Å². The number of carbonyl (C=O) groups excluding carboxylic acids is 1. The molecule has 37 heavy (non-hydrogen) atoms. The van der Waals surface area contributed by atoms with Gasteiger partial charge >= 0.3 is 0 Å². The Morgan fingerprint density at radius 3 is 2.81 bits per heavy atom. The first kappa shape index (κ1) is 23.3. The molecule has 6 rings (SSSR count). The van der Waals surface area contributed by atoms with Gasteiger partial charge in [0.05, 0.1) is 31.1 Å². The number of carbonyl (C=O) groups is 1. The fourth-order valence-electron chi connectivity index (χ4n) is 4.78. The van der Waals surface area contributed by atoms with E-state index in [2.05, 4.69) is 53.0 Å². The fraction of sp³-hybridized carbons (Fsp3) is 0.346. The number of hydrogen-bond donors (Lipinski definition) is 3. The molecule has 0 saturated carbocycles. The van der Waals surface area contributed by atoms with Gasteiger partial charge in [-0.2, -0.15) is 0 Å². The number of amides is 1. The average Bonchev–Trinajstić information content (AvgIpc) is 3.32. The number of benzene rings is 1. The van der Waals surface area contributed by atoms with Crippen molar-refractivity contribution in [2.75, 3.05) is 48.0 Å². The molecule has 0 radical (unpaired) electrons. The number of anilines is 3. The van der Waals surface area contributed by atoms with Gasteiger partial charge < -0.3 is 30.6 Å². The molecule has 2 aliphatic heterocycles. The number of hydrogen-bond acceptors (Lipinski definition) is 9. The van der Waals surface area contributed by atoms with E-state index in [1.165, 1.54) is 0 Å². The van der Waals surface area contributed by atoms with Crippen LogP contribution >= 0.6 is 0 Å². The van der Waals surface area contributed by atoms with E-state index in [1.54, 1.807) is 12.5 Å². The van der Waals surface area contributed by atoms with Crippen molar-refractivity contribution in [1.29, 1.82) is 0 Å². The van der Waals surface area contributed by atoms with Gasteiger partial charge in [0.2, 0.25) is 5.91 Å². The Morgan fingerprint density at radius 2 is 2.03 bits per heavy atom. The molecule has 2 saturated heterocycles. The molecular formula is C26H29N9O2. The number of fused-ring (bicyclic) bond motifs is 1. The summed E-state index contributed by atoms with van der Waals surface area (Å²) < 4.78 is 5.58. The number of aromatic amines is 1. The van der Waals surface area contributed by atoms with Crippen LogP contribution in [0.1, 0.15) is 12.7 Å². The Hall–Kier alpha value is -4.09. The van der Waals surface area contributed by atoms with Gasteiger partial charge in [-0.25, -0.2) is 19.9 Å². The summed E-state index contributed by atoms with van der Waals surface area (Å²) in [7, 11) is 0. The lowest BCUT2D eigenvalue weighted by molar-refractivity contribution is -0.115. The number of nitrogens with zero attached hydrogens (tertiary/aromatic N) is 6. The van der Waals surface area contributed by atoms with Gasteiger partial charge in [0.25, 0.3) is 0 Å². The average molecular weight is 500 g/mol. The predicted molar refractivity (Wildman–Crippen MR) is 142 cm³/mol. The summed E-state index contributed by atoms with van der Waals surface area (Å²) in [4.78, 5) is 38.1. The van der Waals surface area contributed by atoms with Crippen LogP contribution in [-0.2, 0) is 16.0 Å². The van der Waals surface area contributed by atoms with E-state index < -0.39 is 0 Å². The Morgan fingerprint density at radius 1 is 1.19 bits per heavy atom. The molecule has 1 atom stereocenters. The quantitative estimate of drug-likeness (QED) is 0.363. The Balaban J connectivity index is 1.14. The van der Waals surface area contributed by atoms with E-state index >= 15 is 0 Å². The standard InChI is InChI=1S/C26H29N9O2/c1-16-14-37-9-8-35(16)26-20-10-21(32-25(20)29-15-30-26)17-2-4-19(5-3-17)31-24(36)11-22-28-7-6-23(33-22)34-12-18(27)13-34/h2-7,10,15-16,18H,8-9,11-14,27H2,1H3,(H,31,36)(H,29,30,32). The molecular weight excluding hydrogens is 470 g/mol. The van der Waals surface area contributed by atoms with E-state index in [0.717, 1.165) is 53.6 Å². The predicted octanol–water partition coefficient (Wildman–Crippen LogP) is 1.97. The molecule has 2 aliphatic rings. The van der Waals surface area contributed by atoms with Crippen molar-refractivity contribution < 1.29 is 9.53 Å². The highest BCUT2D eigenvalue weighted by molar-refractivity contribution is 5.93. The summed E-state index contributed by atoms with van der Waals surface area (Å²) in [5.41, 5.74) is 9.28. The second-order valence-corrected chi connectivity index (χ2v) is 9.56. The maximum absolute atomic E-state index is 12.6. The van der Waals surface area contributed by atoms with Gasteiger partial charge in [0.1, 0.15) is 29.4 Å². The normalized spacial score (nSPS) is 18.2. The molecule has 1 unspecified atom stereocenters. The lowest BCUT2D eigenvalue weighted by Gasteiger charge is -2.37. The molecule has 190 valence electrons. The molecule has 11 nitrogen and oxygen atoms in total. The zero-order valence-corrected chi connectivity index (χ0v) is 20.6. The second-order valence-electron chi connectivity index (χ2n) is 9.56. The lowest BCUT2D eigenvalue weighted by Crippen LogP contribution is -2.56. The van der Waals surface area contributed by atoms with Crippen molar-refractivity contribution in [2.45, 2.75) is 25.4 Å². The second kappa shape index (κ2) is 9.75. The van der Waals surface area contributed by atoms with Crippen molar-refractivity contribution >= 4 is 34.3 Å². The molecule has 11 heteroatoms. The minimum atomic E-state index is -0.171. The summed E-state index contributed by atoms with van der Waals surface area (Å²) in [5, 5.41) is 3.91.